The van der Waals surface area contributed by atoms with Gasteiger partial charge in [0.05, 0.1) is 0 Å². The summed E-state index contributed by atoms with van der Waals surface area (Å²) in [4.78, 5) is 14.8. The van der Waals surface area contributed by atoms with Gasteiger partial charge < -0.3 is 9.47 Å². The van der Waals surface area contributed by atoms with Gasteiger partial charge in [-0.05, 0) is 48.3 Å². The van der Waals surface area contributed by atoms with E-state index in [4.69, 9.17) is 12.2 Å². The summed E-state index contributed by atoms with van der Waals surface area (Å²) < 4.78 is 2.57. The highest BCUT2D eigenvalue weighted by molar-refractivity contribution is 7.71. The Morgan fingerprint density at radius 2 is 1.67 bits per heavy atom. The van der Waals surface area contributed by atoms with Crippen LogP contribution in [0.4, 0.5) is 0 Å². The summed E-state index contributed by atoms with van der Waals surface area (Å²) in [7, 11) is 1.94. The minimum atomic E-state index is 0.100. The molecule has 1 saturated heterocycles. The van der Waals surface area contributed by atoms with E-state index in [1.807, 2.05) is 59.0 Å². The van der Waals surface area contributed by atoms with E-state index < -0.39 is 0 Å². The van der Waals surface area contributed by atoms with E-state index in [9.17, 15) is 4.79 Å². The monoisotopic (exact) mass is 378 g/mol. The highest BCUT2D eigenvalue weighted by Crippen LogP contribution is 2.27. The number of carbonyl (C=O) groups is 1. The van der Waals surface area contributed by atoms with Crippen LogP contribution in [0.15, 0.2) is 54.6 Å². The van der Waals surface area contributed by atoms with Crippen LogP contribution >= 0.6 is 12.2 Å². The second kappa shape index (κ2) is 7.48. The van der Waals surface area contributed by atoms with E-state index in [-0.39, 0.29) is 5.91 Å². The molecule has 2 aromatic carbocycles. The smallest absolute Gasteiger partial charge is 0.253 e. The number of piperidine rings is 1. The summed E-state index contributed by atoms with van der Waals surface area (Å²) in [5.74, 6) is 1.43. The van der Waals surface area contributed by atoms with Crippen LogP contribution in [-0.2, 0) is 7.05 Å². The standard InChI is InChI=1S/C21H22N4OS/c1-24-19(22-23-21(24)27)17-11-13-25(14-12-17)20(26)18-9-7-16(8-10-18)15-5-3-2-4-6-15/h2-10,17H,11-14H2,1H3,(H,23,27). The first-order chi connectivity index (χ1) is 13.1. The quantitative estimate of drug-likeness (QED) is 0.696. The molecular formula is C21H22N4OS. The zero-order valence-corrected chi connectivity index (χ0v) is 16.1. The summed E-state index contributed by atoms with van der Waals surface area (Å²) in [5, 5.41) is 7.20. The maximum atomic E-state index is 12.8. The second-order valence-corrected chi connectivity index (χ2v) is 7.34. The molecule has 3 aromatic rings. The first kappa shape index (κ1) is 17.7. The molecule has 1 amide bonds. The lowest BCUT2D eigenvalue weighted by atomic mass is 9.95. The molecule has 0 spiro atoms. The van der Waals surface area contributed by atoms with Crippen molar-refractivity contribution < 1.29 is 4.79 Å². The number of nitrogens with zero attached hydrogens (tertiary/aromatic N) is 3. The van der Waals surface area contributed by atoms with Gasteiger partial charge in [0.15, 0.2) is 4.77 Å². The Balaban J connectivity index is 1.42. The second-order valence-electron chi connectivity index (χ2n) is 6.96. The lowest BCUT2D eigenvalue weighted by Gasteiger charge is -2.31. The van der Waals surface area contributed by atoms with Crippen LogP contribution in [0.25, 0.3) is 11.1 Å². The van der Waals surface area contributed by atoms with Crippen LogP contribution in [0.2, 0.25) is 0 Å². The molecule has 1 fully saturated rings. The predicted octanol–water partition coefficient (Wildman–Crippen LogP) is 4.16. The molecule has 1 aromatic heterocycles. The highest BCUT2D eigenvalue weighted by atomic mass is 32.1. The van der Waals surface area contributed by atoms with Gasteiger partial charge in [-0.15, -0.1) is 0 Å². The predicted molar refractivity (Wildman–Crippen MR) is 108 cm³/mol. The minimum Gasteiger partial charge on any atom is -0.339 e. The average Bonchev–Trinajstić information content (AvgIpc) is 3.07. The molecule has 6 heteroatoms. The van der Waals surface area contributed by atoms with Crippen LogP contribution in [0, 0.1) is 4.77 Å². The summed E-state index contributed by atoms with van der Waals surface area (Å²) in [6, 6.07) is 18.1. The molecule has 0 radical (unpaired) electrons. The minimum absolute atomic E-state index is 0.100. The molecule has 1 N–H and O–H groups in total. The summed E-state index contributed by atoms with van der Waals surface area (Å²) in [6.07, 6.45) is 1.81. The first-order valence-electron chi connectivity index (χ1n) is 9.19. The molecule has 5 nitrogen and oxygen atoms in total. The zero-order chi connectivity index (χ0) is 18.8. The molecular weight excluding hydrogens is 356 g/mol. The molecule has 138 valence electrons. The van der Waals surface area contributed by atoms with Gasteiger partial charge in [-0.3, -0.25) is 9.89 Å². The number of likely N-dealkylation sites (tertiary alicyclic amines) is 1. The SMILES string of the molecule is Cn1c(C2CCN(C(=O)c3ccc(-c4ccccc4)cc3)CC2)n[nH]c1=S. The van der Waals surface area contributed by atoms with Gasteiger partial charge in [0, 0.05) is 31.6 Å². The van der Waals surface area contributed by atoms with Gasteiger partial charge in [0.1, 0.15) is 5.82 Å². The maximum absolute atomic E-state index is 12.8. The third kappa shape index (κ3) is 3.57. The molecule has 0 aliphatic carbocycles. The fraction of sp³-hybridized carbons (Fsp3) is 0.286. The van der Waals surface area contributed by atoms with E-state index in [0.29, 0.717) is 10.7 Å². The van der Waals surface area contributed by atoms with Gasteiger partial charge in [-0.1, -0.05) is 42.5 Å². The van der Waals surface area contributed by atoms with Crippen molar-refractivity contribution in [2.45, 2.75) is 18.8 Å². The molecule has 1 aliphatic heterocycles. The lowest BCUT2D eigenvalue weighted by molar-refractivity contribution is 0.0710. The van der Waals surface area contributed by atoms with Crippen LogP contribution in [0.3, 0.4) is 0 Å². The molecule has 0 unspecified atom stereocenters. The Morgan fingerprint density at radius 1 is 1.04 bits per heavy atom. The summed E-state index contributed by atoms with van der Waals surface area (Å²) in [6.45, 7) is 1.48. The van der Waals surface area contributed by atoms with Crippen molar-refractivity contribution in [2.24, 2.45) is 7.05 Å². The van der Waals surface area contributed by atoms with Crippen molar-refractivity contribution in [3.8, 4) is 11.1 Å². The molecule has 4 rings (SSSR count). The average molecular weight is 379 g/mol. The number of rotatable bonds is 3. The Bertz CT molecular complexity index is 983. The lowest BCUT2D eigenvalue weighted by Crippen LogP contribution is -2.38. The largest absolute Gasteiger partial charge is 0.339 e. The number of H-pyrrole nitrogens is 1. The number of hydrogen-bond acceptors (Lipinski definition) is 3. The van der Waals surface area contributed by atoms with Crippen molar-refractivity contribution in [1.29, 1.82) is 0 Å². The van der Waals surface area contributed by atoms with E-state index in [2.05, 4.69) is 22.3 Å². The van der Waals surface area contributed by atoms with Gasteiger partial charge in [0.25, 0.3) is 5.91 Å². The van der Waals surface area contributed by atoms with E-state index >= 15 is 0 Å². The van der Waals surface area contributed by atoms with Gasteiger partial charge >= 0.3 is 0 Å². The number of benzene rings is 2. The van der Waals surface area contributed by atoms with Crippen molar-refractivity contribution in [3.63, 3.8) is 0 Å². The fourth-order valence-corrected chi connectivity index (χ4v) is 3.82. The topological polar surface area (TPSA) is 53.9 Å². The van der Waals surface area contributed by atoms with E-state index in [1.54, 1.807) is 0 Å². The Labute approximate surface area is 163 Å². The number of aromatic nitrogens is 3. The van der Waals surface area contributed by atoms with Crippen LogP contribution in [0.5, 0.6) is 0 Å². The molecule has 0 bridgehead atoms. The fourth-order valence-electron chi connectivity index (χ4n) is 3.68. The van der Waals surface area contributed by atoms with Gasteiger partial charge in [0.2, 0.25) is 0 Å². The van der Waals surface area contributed by atoms with Crippen molar-refractivity contribution in [3.05, 3.63) is 70.8 Å². The van der Waals surface area contributed by atoms with Crippen molar-refractivity contribution in [1.82, 2.24) is 19.7 Å². The first-order valence-corrected chi connectivity index (χ1v) is 9.60. The zero-order valence-electron chi connectivity index (χ0n) is 15.3. The summed E-state index contributed by atoms with van der Waals surface area (Å²) >= 11 is 5.20. The highest BCUT2D eigenvalue weighted by Gasteiger charge is 2.27. The van der Waals surface area contributed by atoms with Crippen LogP contribution < -0.4 is 0 Å². The third-order valence-electron chi connectivity index (χ3n) is 5.30. The molecule has 27 heavy (non-hydrogen) atoms. The van der Waals surface area contributed by atoms with Crippen LogP contribution in [-0.4, -0.2) is 38.7 Å². The summed E-state index contributed by atoms with van der Waals surface area (Å²) in [5.41, 5.74) is 3.02. The van der Waals surface area contributed by atoms with E-state index in [0.717, 1.165) is 48.4 Å². The Kier molecular flexibility index (Phi) is 4.90. The number of aromatic amines is 1. The third-order valence-corrected chi connectivity index (χ3v) is 5.67. The van der Waals surface area contributed by atoms with E-state index in [1.165, 1.54) is 0 Å². The van der Waals surface area contributed by atoms with Gasteiger partial charge in [-0.25, -0.2) is 0 Å². The van der Waals surface area contributed by atoms with Crippen molar-refractivity contribution >= 4 is 18.1 Å². The molecule has 2 heterocycles. The normalized spacial score (nSPS) is 15.1. The number of amides is 1. The number of nitrogens with one attached hydrogen (secondary N) is 1. The maximum Gasteiger partial charge on any atom is 0.253 e. The molecule has 0 saturated carbocycles. The van der Waals surface area contributed by atoms with Crippen LogP contribution in [0.1, 0.15) is 34.9 Å². The van der Waals surface area contributed by atoms with Gasteiger partial charge in [-0.2, -0.15) is 5.10 Å². The number of carbonyl (C=O) groups excluding carboxylic acids is 1. The molecule has 0 atom stereocenters. The molecule has 1 aliphatic rings. The Morgan fingerprint density at radius 3 is 2.26 bits per heavy atom. The van der Waals surface area contributed by atoms with Crippen molar-refractivity contribution in [2.75, 3.05) is 13.1 Å². The number of hydrogen-bond donors (Lipinski definition) is 1. The Hall–Kier alpha value is -2.73.